The number of benzene rings is 2. The van der Waals surface area contributed by atoms with Crippen molar-refractivity contribution in [2.45, 2.75) is 40.2 Å². The first-order valence-corrected chi connectivity index (χ1v) is 12.6. The molecule has 1 aliphatic carbocycles. The molecule has 0 fully saturated rings. The fraction of sp³-hybridized carbons (Fsp3) is 0.286. The Kier molecular flexibility index (Phi) is 6.00. The van der Waals surface area contributed by atoms with Crippen LogP contribution in [0.25, 0.3) is 33.0 Å². The SMILES string of the molecule is CCCN(CC)Cc1ccc(-c2cc3c(s2)Cc2c(-c4ccc(C=N)c(C)c4)n[nH]c2-3)cc1. The van der Waals surface area contributed by atoms with E-state index in [1.54, 1.807) is 0 Å². The molecule has 0 spiro atoms. The molecular weight excluding hydrogens is 424 g/mol. The summed E-state index contributed by atoms with van der Waals surface area (Å²) in [5, 5.41) is 15.5. The average molecular weight is 455 g/mol. The van der Waals surface area contributed by atoms with Crippen LogP contribution in [0.3, 0.4) is 0 Å². The zero-order chi connectivity index (χ0) is 22.9. The molecule has 0 atom stereocenters. The number of hydrogen-bond donors (Lipinski definition) is 2. The lowest BCUT2D eigenvalue weighted by atomic mass is 10.0. The number of H-pyrrole nitrogens is 1. The maximum atomic E-state index is 7.53. The van der Waals surface area contributed by atoms with Gasteiger partial charge in [0.05, 0.1) is 11.4 Å². The fourth-order valence-corrected chi connectivity index (χ4v) is 5.94. The molecule has 0 aliphatic heterocycles. The van der Waals surface area contributed by atoms with Crippen LogP contribution in [0.5, 0.6) is 0 Å². The van der Waals surface area contributed by atoms with Crippen LogP contribution in [-0.2, 0) is 13.0 Å². The molecule has 0 unspecified atom stereocenters. The van der Waals surface area contributed by atoms with Crippen molar-refractivity contribution in [1.82, 2.24) is 15.1 Å². The summed E-state index contributed by atoms with van der Waals surface area (Å²) >= 11 is 1.89. The average Bonchev–Trinajstić information content (AvgIpc) is 3.50. The normalized spacial score (nSPS) is 12.2. The van der Waals surface area contributed by atoms with Crippen LogP contribution in [0.15, 0.2) is 48.5 Å². The van der Waals surface area contributed by atoms with Crippen molar-refractivity contribution in [3.8, 4) is 33.0 Å². The van der Waals surface area contributed by atoms with Crippen molar-refractivity contribution >= 4 is 17.6 Å². The van der Waals surface area contributed by atoms with Gasteiger partial charge in [0.25, 0.3) is 0 Å². The minimum atomic E-state index is 0.924. The third kappa shape index (κ3) is 4.07. The van der Waals surface area contributed by atoms with Crippen molar-refractivity contribution < 1.29 is 0 Å². The number of aryl methyl sites for hydroxylation is 1. The van der Waals surface area contributed by atoms with E-state index < -0.39 is 0 Å². The Balaban J connectivity index is 1.38. The van der Waals surface area contributed by atoms with Gasteiger partial charge in [0, 0.05) is 45.6 Å². The Hall–Kier alpha value is -3.02. The molecule has 2 aromatic carbocycles. The van der Waals surface area contributed by atoms with E-state index in [2.05, 4.69) is 78.3 Å². The smallest absolute Gasteiger partial charge is 0.0963 e. The highest BCUT2D eigenvalue weighted by Crippen LogP contribution is 2.46. The summed E-state index contributed by atoms with van der Waals surface area (Å²) < 4.78 is 0. The molecule has 0 radical (unpaired) electrons. The number of aromatic amines is 1. The molecular formula is C28H30N4S. The fourth-order valence-electron chi connectivity index (χ4n) is 4.76. The molecule has 1 aliphatic rings. The molecule has 5 heteroatoms. The lowest BCUT2D eigenvalue weighted by Crippen LogP contribution is -2.23. The van der Waals surface area contributed by atoms with Gasteiger partial charge in [-0.25, -0.2) is 0 Å². The van der Waals surface area contributed by atoms with Crippen molar-refractivity contribution in [1.29, 1.82) is 5.41 Å². The summed E-state index contributed by atoms with van der Waals surface area (Å²) in [5.74, 6) is 0. The lowest BCUT2D eigenvalue weighted by Gasteiger charge is -2.19. The van der Waals surface area contributed by atoms with E-state index >= 15 is 0 Å². The van der Waals surface area contributed by atoms with E-state index in [9.17, 15) is 0 Å². The summed E-state index contributed by atoms with van der Waals surface area (Å²) in [6.07, 6.45) is 3.52. The number of hydrogen-bond acceptors (Lipinski definition) is 4. The Labute approximate surface area is 199 Å². The highest BCUT2D eigenvalue weighted by atomic mass is 32.1. The molecule has 33 heavy (non-hydrogen) atoms. The quantitative estimate of drug-likeness (QED) is 0.250. The summed E-state index contributed by atoms with van der Waals surface area (Å²) in [5.41, 5.74) is 10.6. The highest BCUT2D eigenvalue weighted by Gasteiger charge is 2.27. The predicted octanol–water partition coefficient (Wildman–Crippen LogP) is 6.91. The van der Waals surface area contributed by atoms with Crippen molar-refractivity contribution in [3.63, 3.8) is 0 Å². The molecule has 0 bridgehead atoms. The van der Waals surface area contributed by atoms with E-state index in [1.165, 1.54) is 44.6 Å². The minimum Gasteiger partial charge on any atom is -0.308 e. The molecule has 5 rings (SSSR count). The van der Waals surface area contributed by atoms with E-state index in [0.717, 1.165) is 54.1 Å². The second kappa shape index (κ2) is 9.08. The largest absolute Gasteiger partial charge is 0.308 e. The van der Waals surface area contributed by atoms with E-state index in [-0.39, 0.29) is 0 Å². The molecule has 0 saturated heterocycles. The Bertz CT molecular complexity index is 1300. The van der Waals surface area contributed by atoms with Gasteiger partial charge in [0.15, 0.2) is 0 Å². The van der Waals surface area contributed by atoms with Gasteiger partial charge in [-0.3, -0.25) is 10.00 Å². The molecule has 2 N–H and O–H groups in total. The molecule has 4 nitrogen and oxygen atoms in total. The number of fused-ring (bicyclic) bond motifs is 3. The molecule has 2 heterocycles. The van der Waals surface area contributed by atoms with Gasteiger partial charge in [-0.1, -0.05) is 50.2 Å². The first-order valence-electron chi connectivity index (χ1n) is 11.7. The summed E-state index contributed by atoms with van der Waals surface area (Å²) in [7, 11) is 0. The second-order valence-corrected chi connectivity index (χ2v) is 9.97. The van der Waals surface area contributed by atoms with E-state index in [1.807, 2.05) is 17.4 Å². The first-order chi connectivity index (χ1) is 16.1. The maximum Gasteiger partial charge on any atom is 0.0963 e. The van der Waals surface area contributed by atoms with E-state index in [4.69, 9.17) is 5.41 Å². The lowest BCUT2D eigenvalue weighted by molar-refractivity contribution is 0.280. The first kappa shape index (κ1) is 21.8. The van der Waals surface area contributed by atoms with Gasteiger partial charge in [-0.05, 0) is 60.8 Å². The Morgan fingerprint density at radius 3 is 2.58 bits per heavy atom. The van der Waals surface area contributed by atoms with Crippen molar-refractivity contribution in [2.75, 3.05) is 13.1 Å². The van der Waals surface area contributed by atoms with Gasteiger partial charge in [0.1, 0.15) is 0 Å². The predicted molar refractivity (Wildman–Crippen MR) is 139 cm³/mol. The number of nitrogens with zero attached hydrogens (tertiary/aromatic N) is 2. The summed E-state index contributed by atoms with van der Waals surface area (Å²) in [6, 6.07) is 17.6. The van der Waals surface area contributed by atoms with Crippen LogP contribution >= 0.6 is 11.3 Å². The number of nitrogens with one attached hydrogen (secondary N) is 2. The van der Waals surface area contributed by atoms with Crippen molar-refractivity contribution in [3.05, 3.63) is 75.7 Å². The zero-order valence-electron chi connectivity index (χ0n) is 19.5. The van der Waals surface area contributed by atoms with Crippen LogP contribution in [0.4, 0.5) is 0 Å². The maximum absolute atomic E-state index is 7.53. The van der Waals surface area contributed by atoms with Gasteiger partial charge < -0.3 is 5.41 Å². The van der Waals surface area contributed by atoms with Crippen LogP contribution in [0, 0.1) is 12.3 Å². The Morgan fingerprint density at radius 2 is 1.88 bits per heavy atom. The van der Waals surface area contributed by atoms with Crippen LogP contribution < -0.4 is 0 Å². The molecule has 0 amide bonds. The third-order valence-electron chi connectivity index (χ3n) is 6.61. The highest BCUT2D eigenvalue weighted by molar-refractivity contribution is 7.16. The van der Waals surface area contributed by atoms with Crippen LogP contribution in [0.2, 0.25) is 0 Å². The van der Waals surface area contributed by atoms with Gasteiger partial charge in [-0.15, -0.1) is 11.3 Å². The second-order valence-electron chi connectivity index (χ2n) is 8.83. The number of rotatable bonds is 8. The van der Waals surface area contributed by atoms with Crippen molar-refractivity contribution in [2.24, 2.45) is 0 Å². The Morgan fingerprint density at radius 1 is 1.09 bits per heavy atom. The van der Waals surface area contributed by atoms with Crippen LogP contribution in [0.1, 0.15) is 47.4 Å². The number of aromatic nitrogens is 2. The molecule has 168 valence electrons. The summed E-state index contributed by atoms with van der Waals surface area (Å²) in [4.78, 5) is 5.22. The molecule has 0 saturated carbocycles. The minimum absolute atomic E-state index is 0.924. The monoisotopic (exact) mass is 454 g/mol. The topological polar surface area (TPSA) is 55.8 Å². The third-order valence-corrected chi connectivity index (χ3v) is 7.80. The van der Waals surface area contributed by atoms with Gasteiger partial charge in [-0.2, -0.15) is 5.10 Å². The molecule has 2 aromatic heterocycles. The van der Waals surface area contributed by atoms with Gasteiger partial charge >= 0.3 is 0 Å². The van der Waals surface area contributed by atoms with Crippen LogP contribution in [-0.4, -0.2) is 34.4 Å². The molecule has 4 aromatic rings. The van der Waals surface area contributed by atoms with E-state index in [0.29, 0.717) is 0 Å². The standard InChI is InChI=1S/C28H30N4S/c1-4-12-32(5-2)17-19-6-8-20(9-7-19)25-14-23-26(33-25)15-24-27(30-31-28(23)24)21-10-11-22(16-29)18(3)13-21/h6-11,13-14,16,29H,4-5,12,15,17H2,1-3H3,(H,30,31). The number of thiophene rings is 1. The van der Waals surface area contributed by atoms with Gasteiger partial charge in [0.2, 0.25) is 0 Å². The summed E-state index contributed by atoms with van der Waals surface area (Å²) in [6.45, 7) is 9.79. The zero-order valence-corrected chi connectivity index (χ0v) is 20.4.